The summed E-state index contributed by atoms with van der Waals surface area (Å²) in [6, 6.07) is 0. The highest BCUT2D eigenvalue weighted by molar-refractivity contribution is 5.89. The summed E-state index contributed by atoms with van der Waals surface area (Å²) in [5.41, 5.74) is 0. The van der Waals surface area contributed by atoms with Crippen molar-refractivity contribution in [2.24, 2.45) is 17.8 Å². The number of ether oxygens (including phenoxy) is 3. The SMILES string of the molecule is C=CC(=O)NCC(=O)OC1C2CC3C(=O)OC1(OC=O)C3C2. The van der Waals surface area contributed by atoms with Crippen molar-refractivity contribution in [1.29, 1.82) is 0 Å². The van der Waals surface area contributed by atoms with Crippen molar-refractivity contribution in [3.05, 3.63) is 12.7 Å². The number of carbonyl (C=O) groups excluding carboxylic acids is 4. The van der Waals surface area contributed by atoms with Gasteiger partial charge in [-0.25, -0.2) is 0 Å². The monoisotopic (exact) mass is 309 g/mol. The quantitative estimate of drug-likeness (QED) is 0.392. The van der Waals surface area contributed by atoms with Crippen LogP contribution in [0.4, 0.5) is 0 Å². The summed E-state index contributed by atoms with van der Waals surface area (Å²) >= 11 is 0. The molecule has 0 spiro atoms. The van der Waals surface area contributed by atoms with Crippen LogP contribution in [0.2, 0.25) is 0 Å². The zero-order valence-corrected chi connectivity index (χ0v) is 11.7. The van der Waals surface area contributed by atoms with Crippen LogP contribution in [0.15, 0.2) is 12.7 Å². The summed E-state index contributed by atoms with van der Waals surface area (Å²) in [6.45, 7) is 3.13. The first-order chi connectivity index (χ1) is 10.5. The van der Waals surface area contributed by atoms with Gasteiger partial charge in [0, 0.05) is 5.92 Å². The van der Waals surface area contributed by atoms with Crippen LogP contribution in [0.1, 0.15) is 12.8 Å². The highest BCUT2D eigenvalue weighted by Crippen LogP contribution is 2.61. The normalized spacial score (nSPS) is 37.4. The first-order valence-electron chi connectivity index (χ1n) is 6.96. The lowest BCUT2D eigenvalue weighted by Gasteiger charge is -2.34. The van der Waals surface area contributed by atoms with Crippen LogP contribution in [-0.4, -0.2) is 42.8 Å². The predicted molar refractivity (Wildman–Crippen MR) is 68.8 cm³/mol. The molecule has 0 radical (unpaired) electrons. The van der Waals surface area contributed by atoms with E-state index in [1.54, 1.807) is 0 Å². The van der Waals surface area contributed by atoms with E-state index in [0.717, 1.165) is 6.08 Å². The smallest absolute Gasteiger partial charge is 0.325 e. The Labute approximate surface area is 125 Å². The van der Waals surface area contributed by atoms with E-state index in [9.17, 15) is 19.2 Å². The topological polar surface area (TPSA) is 108 Å². The fraction of sp³-hybridized carbons (Fsp3) is 0.571. The van der Waals surface area contributed by atoms with Crippen molar-refractivity contribution in [3.63, 3.8) is 0 Å². The molecule has 1 aliphatic heterocycles. The molecule has 118 valence electrons. The zero-order valence-electron chi connectivity index (χ0n) is 11.7. The molecule has 3 aliphatic rings. The second-order valence-corrected chi connectivity index (χ2v) is 5.63. The maximum Gasteiger partial charge on any atom is 0.325 e. The number of hydrogen-bond acceptors (Lipinski definition) is 7. The molecule has 1 heterocycles. The van der Waals surface area contributed by atoms with Gasteiger partial charge in [-0.3, -0.25) is 19.2 Å². The number of nitrogens with one attached hydrogen (secondary N) is 1. The summed E-state index contributed by atoms with van der Waals surface area (Å²) in [5.74, 6) is -3.81. The Hall–Kier alpha value is -2.38. The van der Waals surface area contributed by atoms with Crippen molar-refractivity contribution in [2.75, 3.05) is 6.54 Å². The Morgan fingerprint density at radius 3 is 2.91 bits per heavy atom. The van der Waals surface area contributed by atoms with Gasteiger partial charge in [0.15, 0.2) is 6.10 Å². The second-order valence-electron chi connectivity index (χ2n) is 5.63. The summed E-state index contributed by atoms with van der Waals surface area (Å²) in [5, 5.41) is 2.30. The van der Waals surface area contributed by atoms with Gasteiger partial charge in [0.25, 0.3) is 12.3 Å². The Kier molecular flexibility index (Phi) is 3.38. The van der Waals surface area contributed by atoms with E-state index < -0.39 is 29.7 Å². The fourth-order valence-electron chi connectivity index (χ4n) is 3.78. The maximum absolute atomic E-state index is 11.8. The van der Waals surface area contributed by atoms with E-state index in [4.69, 9.17) is 14.2 Å². The van der Waals surface area contributed by atoms with Gasteiger partial charge in [0.1, 0.15) is 6.54 Å². The molecular formula is C14H15NO7. The third-order valence-electron chi connectivity index (χ3n) is 4.59. The molecule has 1 saturated heterocycles. The molecule has 2 saturated carbocycles. The minimum absolute atomic E-state index is 0.0968. The first-order valence-corrected chi connectivity index (χ1v) is 6.96. The minimum Gasteiger partial charge on any atom is -0.452 e. The van der Waals surface area contributed by atoms with Gasteiger partial charge in [-0.15, -0.1) is 0 Å². The van der Waals surface area contributed by atoms with Crippen LogP contribution in [0, 0.1) is 17.8 Å². The predicted octanol–water partition coefficient (Wildman–Crippen LogP) is -0.718. The van der Waals surface area contributed by atoms with Crippen LogP contribution in [-0.2, 0) is 33.4 Å². The number of hydrogen-bond donors (Lipinski definition) is 1. The van der Waals surface area contributed by atoms with Crippen LogP contribution in [0.3, 0.4) is 0 Å². The Bertz CT molecular complexity index is 559. The maximum atomic E-state index is 11.8. The molecule has 5 atom stereocenters. The van der Waals surface area contributed by atoms with Gasteiger partial charge < -0.3 is 19.5 Å². The molecular weight excluding hydrogens is 294 g/mol. The summed E-state index contributed by atoms with van der Waals surface area (Å²) in [6.07, 6.45) is 1.34. The van der Waals surface area contributed by atoms with Crippen molar-refractivity contribution in [1.82, 2.24) is 5.32 Å². The van der Waals surface area contributed by atoms with Gasteiger partial charge in [-0.05, 0) is 18.9 Å². The van der Waals surface area contributed by atoms with Crippen molar-refractivity contribution < 1.29 is 33.4 Å². The van der Waals surface area contributed by atoms with Gasteiger partial charge in [0.05, 0.1) is 11.8 Å². The van der Waals surface area contributed by atoms with E-state index in [0.29, 0.717) is 12.8 Å². The average Bonchev–Trinajstić information content (AvgIpc) is 3.09. The standard InChI is InChI=1S/C14H15NO7/c1-2-10(17)15-5-11(18)21-12-7-3-8-9(4-7)14(12,20-6-16)22-13(8)19/h2,6-9,12H,1,3-5H2,(H,15,17). The molecule has 1 amide bonds. The third kappa shape index (κ3) is 1.98. The Morgan fingerprint density at radius 1 is 1.45 bits per heavy atom. The molecule has 0 aromatic heterocycles. The minimum atomic E-state index is -1.51. The van der Waals surface area contributed by atoms with Crippen molar-refractivity contribution in [3.8, 4) is 0 Å². The van der Waals surface area contributed by atoms with E-state index >= 15 is 0 Å². The lowest BCUT2D eigenvalue weighted by atomic mass is 9.85. The molecule has 3 fully saturated rings. The van der Waals surface area contributed by atoms with Gasteiger partial charge in [0.2, 0.25) is 5.91 Å². The van der Waals surface area contributed by atoms with Gasteiger partial charge in [-0.1, -0.05) is 6.58 Å². The van der Waals surface area contributed by atoms with E-state index in [-0.39, 0.29) is 30.8 Å². The number of fused-ring (bicyclic) bond motifs is 1. The molecule has 5 unspecified atom stereocenters. The average molecular weight is 309 g/mol. The Morgan fingerprint density at radius 2 is 2.23 bits per heavy atom. The van der Waals surface area contributed by atoms with E-state index in [1.807, 2.05) is 0 Å². The molecule has 1 N–H and O–H groups in total. The van der Waals surface area contributed by atoms with Crippen LogP contribution >= 0.6 is 0 Å². The Balaban J connectivity index is 1.72. The molecule has 3 rings (SSSR count). The molecule has 0 aromatic carbocycles. The second kappa shape index (κ2) is 5.11. The number of amides is 1. The largest absolute Gasteiger partial charge is 0.452 e. The summed E-state index contributed by atoms with van der Waals surface area (Å²) in [4.78, 5) is 45.5. The lowest BCUT2D eigenvalue weighted by molar-refractivity contribution is -0.252. The fourth-order valence-corrected chi connectivity index (χ4v) is 3.78. The van der Waals surface area contributed by atoms with E-state index in [1.165, 1.54) is 0 Å². The van der Waals surface area contributed by atoms with Gasteiger partial charge in [-0.2, -0.15) is 0 Å². The molecule has 22 heavy (non-hydrogen) atoms. The lowest BCUT2D eigenvalue weighted by Crippen LogP contribution is -2.51. The summed E-state index contributed by atoms with van der Waals surface area (Å²) < 4.78 is 15.6. The van der Waals surface area contributed by atoms with E-state index in [2.05, 4.69) is 11.9 Å². The molecule has 2 aliphatic carbocycles. The third-order valence-corrected chi connectivity index (χ3v) is 4.59. The van der Waals surface area contributed by atoms with Crippen molar-refractivity contribution >= 4 is 24.3 Å². The van der Waals surface area contributed by atoms with Crippen LogP contribution < -0.4 is 5.32 Å². The number of esters is 2. The highest BCUT2D eigenvalue weighted by Gasteiger charge is 2.74. The molecule has 8 nitrogen and oxygen atoms in total. The van der Waals surface area contributed by atoms with Crippen LogP contribution in [0.25, 0.3) is 0 Å². The molecule has 2 bridgehead atoms. The van der Waals surface area contributed by atoms with Crippen molar-refractivity contribution in [2.45, 2.75) is 24.7 Å². The molecule has 8 heteroatoms. The first kappa shape index (κ1) is 14.6. The number of rotatable bonds is 6. The summed E-state index contributed by atoms with van der Waals surface area (Å²) in [7, 11) is 0. The highest BCUT2D eigenvalue weighted by atomic mass is 16.8. The molecule has 0 aromatic rings. The van der Waals surface area contributed by atoms with Gasteiger partial charge >= 0.3 is 11.9 Å². The zero-order chi connectivity index (χ0) is 15.9. The van der Waals surface area contributed by atoms with Crippen LogP contribution in [0.5, 0.6) is 0 Å². The number of carbonyl (C=O) groups is 4.